The summed E-state index contributed by atoms with van der Waals surface area (Å²) in [7, 11) is 1.29. The molecule has 0 aromatic heterocycles. The lowest BCUT2D eigenvalue weighted by molar-refractivity contribution is 0.0602. The number of esters is 1. The Kier molecular flexibility index (Phi) is 4.66. The lowest BCUT2D eigenvalue weighted by Gasteiger charge is -2.05. The van der Waals surface area contributed by atoms with Crippen molar-refractivity contribution in [2.45, 2.75) is 0 Å². The molecule has 0 spiro atoms. The fraction of sp³-hybridized carbons (Fsp3) is 0.182. The number of halogens is 2. The van der Waals surface area contributed by atoms with Gasteiger partial charge in [-0.25, -0.2) is 4.79 Å². The molecule has 0 unspecified atom stereocenters. The first-order valence-corrected chi connectivity index (χ1v) is 5.82. The molecule has 1 aromatic carbocycles. The molecule has 1 rings (SSSR count). The van der Waals surface area contributed by atoms with E-state index in [0.717, 1.165) is 0 Å². The van der Waals surface area contributed by atoms with Crippen LogP contribution in [0.5, 0.6) is 0 Å². The number of nitrogens with two attached hydrogens (primary N) is 1. The molecule has 0 heterocycles. The van der Waals surface area contributed by atoms with E-state index in [9.17, 15) is 4.79 Å². The molecule has 0 fully saturated rings. The van der Waals surface area contributed by atoms with Crippen LogP contribution < -0.4 is 5.73 Å². The zero-order chi connectivity index (χ0) is 12.1. The Morgan fingerprint density at radius 3 is 2.88 bits per heavy atom. The molecular weight excluding hydrogens is 293 g/mol. The first-order valence-electron chi connectivity index (χ1n) is 4.32. The van der Waals surface area contributed by atoms with Crippen LogP contribution in [0.25, 0.3) is 0 Å². The quantitative estimate of drug-likeness (QED) is 0.375. The van der Waals surface area contributed by atoms with Gasteiger partial charge in [0.2, 0.25) is 0 Å². The van der Waals surface area contributed by atoms with Gasteiger partial charge in [-0.1, -0.05) is 39.4 Å². The van der Waals surface area contributed by atoms with Gasteiger partial charge in [0, 0.05) is 11.3 Å². The Balaban J connectivity index is 3.26. The number of nitrogen functional groups attached to an aromatic ring is 1. The summed E-state index contributed by atoms with van der Waals surface area (Å²) in [5, 5.41) is 0.944. The molecule has 2 N–H and O–H groups in total. The van der Waals surface area contributed by atoms with Crippen LogP contribution in [0.4, 0.5) is 5.69 Å². The number of benzene rings is 1. The number of rotatable bonds is 1. The van der Waals surface area contributed by atoms with Gasteiger partial charge >= 0.3 is 5.97 Å². The van der Waals surface area contributed by atoms with Gasteiger partial charge in [0.1, 0.15) is 0 Å². The van der Waals surface area contributed by atoms with Gasteiger partial charge in [-0.2, -0.15) is 0 Å². The first kappa shape index (κ1) is 12.9. The molecule has 1 aromatic rings. The highest BCUT2D eigenvalue weighted by molar-refractivity contribution is 9.09. The number of alkyl halides is 1. The molecule has 0 atom stereocenters. The summed E-state index contributed by atoms with van der Waals surface area (Å²) >= 11 is 9.11. The van der Waals surface area contributed by atoms with Gasteiger partial charge in [0.15, 0.2) is 0 Å². The lowest BCUT2D eigenvalue weighted by Crippen LogP contribution is -2.06. The highest BCUT2D eigenvalue weighted by Crippen LogP contribution is 2.23. The monoisotopic (exact) mass is 301 g/mol. The minimum Gasteiger partial charge on any atom is -0.465 e. The van der Waals surface area contributed by atoms with E-state index >= 15 is 0 Å². The maximum absolute atomic E-state index is 11.4. The predicted molar refractivity (Wildman–Crippen MR) is 67.9 cm³/mol. The van der Waals surface area contributed by atoms with Crippen molar-refractivity contribution in [2.75, 3.05) is 18.2 Å². The maximum atomic E-state index is 11.4. The number of methoxy groups -OCH3 is 1. The molecule has 0 aliphatic carbocycles. The van der Waals surface area contributed by atoms with Crippen molar-refractivity contribution >= 4 is 39.2 Å². The van der Waals surface area contributed by atoms with Crippen molar-refractivity contribution in [3.8, 4) is 11.8 Å². The molecule has 3 nitrogen and oxygen atoms in total. The van der Waals surface area contributed by atoms with E-state index in [-0.39, 0.29) is 11.3 Å². The fourth-order valence-electron chi connectivity index (χ4n) is 1.10. The van der Waals surface area contributed by atoms with Crippen LogP contribution in [-0.2, 0) is 4.74 Å². The van der Waals surface area contributed by atoms with Crippen LogP contribution in [0.1, 0.15) is 15.9 Å². The number of anilines is 1. The maximum Gasteiger partial charge on any atom is 0.340 e. The third-order valence-electron chi connectivity index (χ3n) is 1.83. The summed E-state index contributed by atoms with van der Waals surface area (Å²) in [5.41, 5.74) is 6.75. The fourth-order valence-corrected chi connectivity index (χ4v) is 1.46. The summed E-state index contributed by atoms with van der Waals surface area (Å²) in [6.45, 7) is 0. The van der Waals surface area contributed by atoms with Gasteiger partial charge in [-0.05, 0) is 12.1 Å². The van der Waals surface area contributed by atoms with Gasteiger partial charge in [-0.15, -0.1) is 0 Å². The van der Waals surface area contributed by atoms with Crippen molar-refractivity contribution in [3.63, 3.8) is 0 Å². The average molecular weight is 303 g/mol. The molecule has 0 aliphatic heterocycles. The number of hydrogen-bond acceptors (Lipinski definition) is 3. The summed E-state index contributed by atoms with van der Waals surface area (Å²) < 4.78 is 4.60. The molecule has 0 aliphatic rings. The second kappa shape index (κ2) is 5.78. The Morgan fingerprint density at radius 2 is 2.31 bits per heavy atom. The van der Waals surface area contributed by atoms with Crippen LogP contribution in [0.3, 0.4) is 0 Å². The summed E-state index contributed by atoms with van der Waals surface area (Å²) in [4.78, 5) is 11.4. The lowest BCUT2D eigenvalue weighted by atomic mass is 10.1. The van der Waals surface area contributed by atoms with Crippen LogP contribution >= 0.6 is 27.5 Å². The van der Waals surface area contributed by atoms with Crippen molar-refractivity contribution in [2.24, 2.45) is 0 Å². The van der Waals surface area contributed by atoms with E-state index in [0.29, 0.717) is 15.9 Å². The minimum atomic E-state index is -0.504. The van der Waals surface area contributed by atoms with Crippen molar-refractivity contribution in [3.05, 3.63) is 28.3 Å². The smallest absolute Gasteiger partial charge is 0.340 e. The number of carbonyl (C=O) groups is 1. The Bertz CT molecular complexity index is 477. The normalized spacial score (nSPS) is 9.19. The average Bonchev–Trinajstić information content (AvgIpc) is 2.27. The third kappa shape index (κ3) is 2.91. The Labute approximate surface area is 107 Å². The highest BCUT2D eigenvalue weighted by Gasteiger charge is 2.12. The van der Waals surface area contributed by atoms with Gasteiger partial charge in [0.25, 0.3) is 0 Å². The van der Waals surface area contributed by atoms with E-state index < -0.39 is 5.97 Å². The topological polar surface area (TPSA) is 52.3 Å². The largest absolute Gasteiger partial charge is 0.465 e. The predicted octanol–water partition coefficient (Wildman–Crippen LogP) is 2.46. The molecule has 0 radical (unpaired) electrons. The van der Waals surface area contributed by atoms with Crippen LogP contribution in [-0.4, -0.2) is 18.4 Å². The zero-order valence-electron chi connectivity index (χ0n) is 8.51. The van der Waals surface area contributed by atoms with Crippen LogP contribution in [0.2, 0.25) is 5.02 Å². The van der Waals surface area contributed by atoms with E-state index in [2.05, 4.69) is 32.5 Å². The van der Waals surface area contributed by atoms with E-state index in [1.165, 1.54) is 19.2 Å². The van der Waals surface area contributed by atoms with Crippen LogP contribution in [0.15, 0.2) is 12.1 Å². The summed E-state index contributed by atoms with van der Waals surface area (Å²) in [6, 6.07) is 3.02. The Morgan fingerprint density at radius 1 is 1.62 bits per heavy atom. The second-order valence-electron chi connectivity index (χ2n) is 2.85. The third-order valence-corrected chi connectivity index (χ3v) is 2.43. The minimum absolute atomic E-state index is 0.269. The first-order chi connectivity index (χ1) is 7.60. The van der Waals surface area contributed by atoms with E-state index in [4.69, 9.17) is 17.3 Å². The number of hydrogen-bond donors (Lipinski definition) is 1. The molecule has 0 saturated heterocycles. The van der Waals surface area contributed by atoms with Crippen LogP contribution in [0, 0.1) is 11.8 Å². The highest BCUT2D eigenvalue weighted by atomic mass is 79.9. The molecule has 0 amide bonds. The van der Waals surface area contributed by atoms with Crippen molar-refractivity contribution in [1.82, 2.24) is 0 Å². The number of ether oxygens (including phenoxy) is 1. The van der Waals surface area contributed by atoms with Crippen molar-refractivity contribution < 1.29 is 9.53 Å². The zero-order valence-corrected chi connectivity index (χ0v) is 10.9. The van der Waals surface area contributed by atoms with Crippen molar-refractivity contribution in [1.29, 1.82) is 0 Å². The summed E-state index contributed by atoms with van der Waals surface area (Å²) in [6.07, 6.45) is 0. The van der Waals surface area contributed by atoms with Gasteiger partial charge in [0.05, 0.1) is 23.0 Å². The SMILES string of the molecule is COC(=O)c1cc(C#CCBr)c(Cl)cc1N. The molecular formula is C11H9BrClNO2. The molecule has 5 heteroatoms. The summed E-state index contributed by atoms with van der Waals surface area (Å²) in [5.74, 6) is 5.11. The number of carbonyl (C=O) groups excluding carboxylic acids is 1. The second-order valence-corrected chi connectivity index (χ2v) is 3.81. The van der Waals surface area contributed by atoms with Gasteiger partial charge in [-0.3, -0.25) is 0 Å². The molecule has 16 heavy (non-hydrogen) atoms. The van der Waals surface area contributed by atoms with Gasteiger partial charge < -0.3 is 10.5 Å². The Hall–Kier alpha value is -1.18. The molecule has 0 bridgehead atoms. The standard InChI is InChI=1S/C11H9BrClNO2/c1-16-11(15)8-5-7(3-2-4-12)9(13)6-10(8)14/h5-6H,4,14H2,1H3. The van der Waals surface area contributed by atoms with E-state index in [1.54, 1.807) is 0 Å². The molecule has 0 saturated carbocycles. The molecule has 84 valence electrons. The van der Waals surface area contributed by atoms with E-state index in [1.807, 2.05) is 0 Å².